The zero-order valence-corrected chi connectivity index (χ0v) is 22.8. The van der Waals surface area contributed by atoms with Crippen molar-refractivity contribution in [3.05, 3.63) is 61.9 Å². The van der Waals surface area contributed by atoms with Gasteiger partial charge in [-0.15, -0.1) is 11.3 Å². The lowest BCUT2D eigenvalue weighted by Crippen LogP contribution is -2.43. The smallest absolute Gasteiger partial charge is 0.338 e. The molecule has 2 aliphatic heterocycles. The Morgan fingerprint density at radius 1 is 1.39 bits per heavy atom. The third kappa shape index (κ3) is 8.15. The van der Waals surface area contributed by atoms with Gasteiger partial charge in [-0.05, 0) is 24.6 Å². The second-order valence-electron chi connectivity index (χ2n) is 7.74. The normalized spacial score (nSPS) is 18.6. The lowest BCUT2D eigenvalue weighted by molar-refractivity contribution is -0.139. The van der Waals surface area contributed by atoms with Gasteiger partial charge in [0.15, 0.2) is 10.8 Å². The van der Waals surface area contributed by atoms with Crippen LogP contribution >= 0.6 is 27.3 Å². The number of morpholine rings is 1. The first-order valence-corrected chi connectivity index (χ1v) is 14.4. The fourth-order valence-corrected chi connectivity index (χ4v) is 4.71. The van der Waals surface area contributed by atoms with E-state index in [9.17, 15) is 17.6 Å². The number of ether oxygens (including phenoxy) is 2. The van der Waals surface area contributed by atoms with Gasteiger partial charge in [-0.3, -0.25) is 14.4 Å². The summed E-state index contributed by atoms with van der Waals surface area (Å²) in [5, 5.41) is 5.91. The minimum absolute atomic E-state index is 0.244. The molecule has 2 N–H and O–H groups in total. The molecule has 1 atom stereocenters. The van der Waals surface area contributed by atoms with Crippen molar-refractivity contribution in [2.75, 3.05) is 45.7 Å². The summed E-state index contributed by atoms with van der Waals surface area (Å²) in [5.74, 6) is -0.238. The number of halogens is 2. The second kappa shape index (κ2) is 12.8. The number of aromatic nitrogens is 1. The van der Waals surface area contributed by atoms with E-state index in [0.29, 0.717) is 58.2 Å². The maximum Gasteiger partial charge on any atom is 0.338 e. The van der Waals surface area contributed by atoms with E-state index in [-0.39, 0.29) is 12.4 Å². The van der Waals surface area contributed by atoms with E-state index >= 15 is 0 Å². The van der Waals surface area contributed by atoms with Crippen LogP contribution in [0.4, 0.5) is 4.39 Å². The zero-order valence-electron chi connectivity index (χ0n) is 19.6. The Hall–Kier alpha value is -2.23. The van der Waals surface area contributed by atoms with Crippen LogP contribution in [-0.4, -0.2) is 80.4 Å². The van der Waals surface area contributed by atoms with E-state index in [4.69, 9.17) is 19.0 Å². The second-order valence-corrected chi connectivity index (χ2v) is 11.0. The molecule has 3 heterocycles. The highest BCUT2D eigenvalue weighted by molar-refractivity contribution is 9.10. The van der Waals surface area contributed by atoms with Gasteiger partial charge in [0.1, 0.15) is 11.9 Å². The molecular formula is C22H26BrFN4O6S2. The van der Waals surface area contributed by atoms with Crippen molar-refractivity contribution in [3.8, 4) is 0 Å². The van der Waals surface area contributed by atoms with Crippen molar-refractivity contribution in [1.82, 2.24) is 15.2 Å². The Bertz CT molecular complexity index is 1220. The van der Waals surface area contributed by atoms with Crippen molar-refractivity contribution in [2.24, 2.45) is 4.99 Å². The van der Waals surface area contributed by atoms with E-state index < -0.39 is 22.1 Å². The number of hydrogen-bond donors (Lipinski definition) is 2. The van der Waals surface area contributed by atoms with E-state index in [1.165, 1.54) is 23.5 Å². The van der Waals surface area contributed by atoms with Crippen molar-refractivity contribution in [2.45, 2.75) is 13.0 Å². The molecular weight excluding hydrogens is 579 g/mol. The van der Waals surface area contributed by atoms with Gasteiger partial charge >= 0.3 is 5.97 Å². The molecule has 10 nitrogen and oxygen atoms in total. The van der Waals surface area contributed by atoms with Gasteiger partial charge in [0, 0.05) is 41.4 Å². The van der Waals surface area contributed by atoms with Crippen LogP contribution < -0.4 is 5.32 Å². The van der Waals surface area contributed by atoms with Crippen LogP contribution in [0.3, 0.4) is 0 Å². The summed E-state index contributed by atoms with van der Waals surface area (Å²) < 4.78 is 51.0. The van der Waals surface area contributed by atoms with E-state index in [1.807, 2.05) is 5.38 Å². The maximum atomic E-state index is 13.8. The van der Waals surface area contributed by atoms with E-state index in [1.54, 1.807) is 19.2 Å². The molecule has 2 aliphatic rings. The monoisotopic (exact) mass is 604 g/mol. The average molecular weight is 606 g/mol. The Morgan fingerprint density at radius 2 is 2.08 bits per heavy atom. The number of nitrogens with one attached hydrogen (secondary N) is 1. The fraction of sp³-hybridized carbons (Fsp3) is 0.409. The SMILES string of the molecule is CCOC(=O)C1=C(CN2CCOCC2)NC(c2nccs2)=NC1c1ccc(F)cc1Br.CS(=O)(=O)O. The highest BCUT2D eigenvalue weighted by Gasteiger charge is 2.34. The predicted octanol–water partition coefficient (Wildman–Crippen LogP) is 2.79. The van der Waals surface area contributed by atoms with E-state index in [2.05, 4.69) is 31.1 Å². The van der Waals surface area contributed by atoms with Crippen LogP contribution in [0, 0.1) is 5.82 Å². The van der Waals surface area contributed by atoms with Crippen molar-refractivity contribution >= 4 is 49.2 Å². The molecule has 0 amide bonds. The minimum Gasteiger partial charge on any atom is -0.463 e. The van der Waals surface area contributed by atoms with Crippen LogP contribution in [0.1, 0.15) is 23.5 Å². The molecule has 1 saturated heterocycles. The van der Waals surface area contributed by atoms with E-state index in [0.717, 1.165) is 13.1 Å². The van der Waals surface area contributed by atoms with Gasteiger partial charge in [0.2, 0.25) is 0 Å². The number of benzene rings is 1. The highest BCUT2D eigenvalue weighted by atomic mass is 79.9. The van der Waals surface area contributed by atoms with Crippen LogP contribution in [0.2, 0.25) is 0 Å². The standard InChI is InChI=1S/C21H22BrFN4O3S.CH4O3S/c1-2-30-21(28)17-16(12-27-6-8-29-9-7-27)25-19(20-24-5-10-31-20)26-18(17)14-4-3-13(23)11-15(14)22;1-5(2,3)4/h3-5,10-11,18H,2,6-9,12H2,1H3,(H,25,26);1H3,(H,2,3,4). The molecule has 1 aromatic heterocycles. The molecule has 2 aromatic rings. The summed E-state index contributed by atoms with van der Waals surface area (Å²) in [4.78, 5) is 24.5. The number of amidine groups is 1. The molecule has 0 saturated carbocycles. The molecule has 1 aromatic carbocycles. The fourth-order valence-electron chi connectivity index (χ4n) is 3.55. The van der Waals surface area contributed by atoms with Gasteiger partial charge in [-0.1, -0.05) is 22.0 Å². The van der Waals surface area contributed by atoms with Crippen molar-refractivity contribution in [1.29, 1.82) is 0 Å². The molecule has 14 heteroatoms. The molecule has 0 radical (unpaired) electrons. The summed E-state index contributed by atoms with van der Waals surface area (Å²) in [7, 11) is -3.67. The van der Waals surface area contributed by atoms with Gasteiger partial charge in [-0.2, -0.15) is 8.42 Å². The molecule has 0 spiro atoms. The molecule has 4 rings (SSSR count). The zero-order chi connectivity index (χ0) is 26.3. The first kappa shape index (κ1) is 28.3. The van der Waals surface area contributed by atoms with Gasteiger partial charge in [0.05, 0.1) is 31.6 Å². The lowest BCUT2D eigenvalue weighted by atomic mass is 9.95. The molecule has 196 valence electrons. The van der Waals surface area contributed by atoms with Crippen LogP contribution in [0.5, 0.6) is 0 Å². The van der Waals surface area contributed by atoms with Gasteiger partial charge in [0.25, 0.3) is 10.1 Å². The average Bonchev–Trinajstić information content (AvgIpc) is 3.33. The Kier molecular flexibility index (Phi) is 10.1. The lowest BCUT2D eigenvalue weighted by Gasteiger charge is -2.32. The highest BCUT2D eigenvalue weighted by Crippen LogP contribution is 2.37. The number of carbonyl (C=O) groups excluding carboxylic acids is 1. The summed E-state index contributed by atoms with van der Waals surface area (Å²) in [6.45, 7) is 5.32. The number of nitrogens with zero attached hydrogens (tertiary/aromatic N) is 3. The number of rotatable bonds is 6. The summed E-state index contributed by atoms with van der Waals surface area (Å²) in [6.07, 6.45) is 2.42. The number of esters is 1. The predicted molar refractivity (Wildman–Crippen MR) is 137 cm³/mol. The maximum absolute atomic E-state index is 13.8. The minimum atomic E-state index is -3.67. The quantitative estimate of drug-likeness (QED) is 0.377. The number of carbonyl (C=O) groups is 1. The van der Waals surface area contributed by atoms with Gasteiger partial charge in [-0.25, -0.2) is 14.2 Å². The Labute approximate surface area is 221 Å². The van der Waals surface area contributed by atoms with Crippen LogP contribution in [-0.2, 0) is 24.4 Å². The van der Waals surface area contributed by atoms with Crippen molar-refractivity contribution in [3.63, 3.8) is 0 Å². The third-order valence-electron chi connectivity index (χ3n) is 5.00. The number of thiazole rings is 1. The van der Waals surface area contributed by atoms with Crippen molar-refractivity contribution < 1.29 is 31.6 Å². The Morgan fingerprint density at radius 3 is 2.67 bits per heavy atom. The topological polar surface area (TPSA) is 130 Å². The first-order chi connectivity index (χ1) is 17.1. The summed E-state index contributed by atoms with van der Waals surface area (Å²) in [5.41, 5.74) is 1.81. The summed E-state index contributed by atoms with van der Waals surface area (Å²) >= 11 is 4.89. The number of hydrogen-bond acceptors (Lipinski definition) is 10. The molecule has 1 unspecified atom stereocenters. The number of aliphatic imine (C=N–C) groups is 1. The van der Waals surface area contributed by atoms with Crippen LogP contribution in [0.25, 0.3) is 0 Å². The molecule has 0 aliphatic carbocycles. The largest absolute Gasteiger partial charge is 0.463 e. The molecule has 0 bridgehead atoms. The first-order valence-electron chi connectivity index (χ1n) is 10.9. The molecule has 1 fully saturated rings. The Balaban J connectivity index is 0.000000658. The van der Waals surface area contributed by atoms with Crippen LogP contribution in [0.15, 0.2) is 50.5 Å². The molecule has 36 heavy (non-hydrogen) atoms. The summed E-state index contributed by atoms with van der Waals surface area (Å²) in [6, 6.07) is 3.72. The third-order valence-corrected chi connectivity index (χ3v) is 6.47. The van der Waals surface area contributed by atoms with Gasteiger partial charge < -0.3 is 14.8 Å².